The normalized spacial score (nSPS) is 18.3. The van der Waals surface area contributed by atoms with Crippen molar-refractivity contribution >= 4 is 45.6 Å². The summed E-state index contributed by atoms with van der Waals surface area (Å²) >= 11 is 0. The third-order valence-electron chi connectivity index (χ3n) is 11.7. The summed E-state index contributed by atoms with van der Waals surface area (Å²) in [5.74, 6) is -0.194. The molecule has 3 aliphatic rings. The fraction of sp³-hybridized carbons (Fsp3) is 0.475. The van der Waals surface area contributed by atoms with E-state index >= 15 is 0 Å². The zero-order valence-electron chi connectivity index (χ0n) is 31.7. The molecule has 3 aliphatic heterocycles. The first-order valence-corrected chi connectivity index (χ1v) is 19.8. The molecule has 294 valence electrons. The second-order valence-corrected chi connectivity index (χ2v) is 15.4. The van der Waals surface area contributed by atoms with Crippen LogP contribution in [0.4, 0.5) is 10.5 Å². The number of hydrogen-bond acceptors (Lipinski definition) is 9. The fourth-order valence-corrected chi connectivity index (χ4v) is 8.67. The zero-order chi connectivity index (χ0) is 38.6. The van der Waals surface area contributed by atoms with E-state index in [-0.39, 0.29) is 36.0 Å². The van der Waals surface area contributed by atoms with Crippen molar-refractivity contribution in [2.45, 2.75) is 63.6 Å². The Hall–Kier alpha value is -5.77. The van der Waals surface area contributed by atoms with Gasteiger partial charge in [0.2, 0.25) is 11.8 Å². The van der Waals surface area contributed by atoms with Gasteiger partial charge in [-0.2, -0.15) is 5.10 Å². The summed E-state index contributed by atoms with van der Waals surface area (Å²) in [6.45, 7) is 7.00. The molecule has 0 spiro atoms. The Morgan fingerprint density at radius 3 is 2.43 bits per heavy atom. The molecule has 8 rings (SSSR count). The van der Waals surface area contributed by atoms with Gasteiger partial charge in [-0.05, 0) is 99.5 Å². The number of imidazole rings is 1. The molecule has 5 aromatic rings. The summed E-state index contributed by atoms with van der Waals surface area (Å²) in [6, 6.07) is 9.49. The van der Waals surface area contributed by atoms with E-state index in [1.165, 1.54) is 0 Å². The van der Waals surface area contributed by atoms with Crippen molar-refractivity contribution in [2.24, 2.45) is 5.92 Å². The molecule has 16 nitrogen and oxygen atoms in total. The Balaban J connectivity index is 0.989. The summed E-state index contributed by atoms with van der Waals surface area (Å²) < 4.78 is 1.74. The number of piperazine rings is 1. The van der Waals surface area contributed by atoms with Crippen molar-refractivity contribution < 1.29 is 14.4 Å². The van der Waals surface area contributed by atoms with Crippen LogP contribution >= 0.6 is 0 Å². The molecular weight excluding hydrogens is 713 g/mol. The maximum absolute atomic E-state index is 14.5. The molecule has 3 saturated heterocycles. The van der Waals surface area contributed by atoms with Gasteiger partial charge in [-0.25, -0.2) is 14.6 Å². The number of likely N-dealkylation sites (tertiary alicyclic amines) is 1. The summed E-state index contributed by atoms with van der Waals surface area (Å²) in [7, 11) is 0. The topological polar surface area (TPSA) is 189 Å². The number of fused-ring (bicyclic) bond motifs is 2. The number of hydrogen-bond donors (Lipinski definition) is 5. The number of H-pyrrole nitrogens is 2. The number of rotatable bonds is 10. The number of benzene rings is 1. The molecule has 0 bridgehead atoms. The fourth-order valence-electron chi connectivity index (χ4n) is 8.67. The second kappa shape index (κ2) is 16.5. The Kier molecular flexibility index (Phi) is 11.0. The highest BCUT2D eigenvalue weighted by molar-refractivity contribution is 5.92. The molecule has 1 unspecified atom stereocenters. The van der Waals surface area contributed by atoms with Crippen molar-refractivity contribution in [1.82, 2.24) is 55.5 Å². The predicted octanol–water partition coefficient (Wildman–Crippen LogP) is 2.49. The lowest BCUT2D eigenvalue weighted by atomic mass is 9.90. The van der Waals surface area contributed by atoms with Crippen LogP contribution in [0, 0.1) is 12.8 Å². The van der Waals surface area contributed by atoms with E-state index in [0.29, 0.717) is 64.2 Å². The van der Waals surface area contributed by atoms with Gasteiger partial charge in [-0.1, -0.05) is 6.07 Å². The van der Waals surface area contributed by atoms with Gasteiger partial charge in [0.15, 0.2) is 5.65 Å². The number of aromatic nitrogens is 6. The van der Waals surface area contributed by atoms with E-state index in [9.17, 15) is 19.2 Å². The van der Waals surface area contributed by atoms with Crippen LogP contribution in [-0.4, -0.2) is 122 Å². The van der Waals surface area contributed by atoms with Crippen LogP contribution in [-0.2, 0) is 16.0 Å². The number of urea groups is 1. The quantitative estimate of drug-likeness (QED) is 0.142. The van der Waals surface area contributed by atoms with Gasteiger partial charge >= 0.3 is 11.7 Å². The molecule has 0 saturated carbocycles. The highest BCUT2D eigenvalue weighted by Gasteiger charge is 2.35. The van der Waals surface area contributed by atoms with Gasteiger partial charge in [-0.15, -0.1) is 0 Å². The molecule has 0 radical (unpaired) electrons. The lowest BCUT2D eigenvalue weighted by Gasteiger charge is -2.38. The number of carbonyl (C=O) groups excluding carboxylic acids is 3. The van der Waals surface area contributed by atoms with E-state index in [0.717, 1.165) is 59.2 Å². The standard InChI is InChI=1S/C40H50N12O4/c1-26-21-28(22-29-25-44-48-35(26)29)24-32(46-39(55)51-15-8-31(9-16-51)52-34-3-2-10-43-36(34)47-40(52)56)37(53)45-33(23-27-4-11-41-12-5-27)38(54)50-19-17-49(18-20-50)30-6-13-42-14-7-30/h2-3,6-7,10,13-14,21-22,25,27,31-33,41H,4-5,8-9,11-12,15-20,23-24H2,1H3,(H,44,48)(H,45,53)(H,46,55)(H,43,47,56)/t32-,33?/m1/s1. The molecule has 56 heavy (non-hydrogen) atoms. The number of pyridine rings is 2. The van der Waals surface area contributed by atoms with Crippen molar-refractivity contribution in [1.29, 1.82) is 0 Å². The van der Waals surface area contributed by atoms with Crippen molar-refractivity contribution in [3.05, 3.63) is 82.8 Å². The van der Waals surface area contributed by atoms with Gasteiger partial charge in [0.1, 0.15) is 12.1 Å². The number of nitrogens with zero attached hydrogens (tertiary/aromatic N) is 7. The largest absolute Gasteiger partial charge is 0.368 e. The van der Waals surface area contributed by atoms with Crippen LogP contribution in [0.1, 0.15) is 49.3 Å². The van der Waals surface area contributed by atoms with Crippen molar-refractivity contribution in [2.75, 3.05) is 57.3 Å². The molecule has 2 atom stereocenters. The average Bonchev–Trinajstić information content (AvgIpc) is 3.85. The van der Waals surface area contributed by atoms with Gasteiger partial charge in [0, 0.05) is 81.4 Å². The number of carbonyl (C=O) groups is 3. The first kappa shape index (κ1) is 37.2. The Labute approximate surface area is 324 Å². The molecule has 0 aliphatic carbocycles. The first-order chi connectivity index (χ1) is 27.3. The highest BCUT2D eigenvalue weighted by Crippen LogP contribution is 2.26. The van der Waals surface area contributed by atoms with Crippen molar-refractivity contribution in [3.8, 4) is 0 Å². The Morgan fingerprint density at radius 2 is 1.66 bits per heavy atom. The summed E-state index contributed by atoms with van der Waals surface area (Å²) in [5, 5.41) is 17.8. The maximum Gasteiger partial charge on any atom is 0.327 e. The Morgan fingerprint density at radius 1 is 0.893 bits per heavy atom. The van der Waals surface area contributed by atoms with E-state index < -0.39 is 18.0 Å². The summed E-state index contributed by atoms with van der Waals surface area (Å²) in [6.07, 6.45) is 10.7. The van der Waals surface area contributed by atoms with E-state index in [1.54, 1.807) is 40.3 Å². The molecule has 5 N–H and O–H groups in total. The maximum atomic E-state index is 14.5. The van der Waals surface area contributed by atoms with E-state index in [2.05, 4.69) is 46.0 Å². The monoisotopic (exact) mass is 762 g/mol. The minimum Gasteiger partial charge on any atom is -0.368 e. The van der Waals surface area contributed by atoms with Gasteiger partial charge in [0.25, 0.3) is 0 Å². The number of aryl methyl sites for hydroxylation is 1. The molecule has 16 heteroatoms. The SMILES string of the molecule is Cc1cc(C[C@@H](NC(=O)N2CCC(n3c(=O)[nH]c4ncccc43)CC2)C(=O)NC(CC2CCNCC2)C(=O)N2CCN(c3ccncc3)CC2)cc2cn[nH]c12. The van der Waals surface area contributed by atoms with Crippen LogP contribution in [0.3, 0.4) is 0 Å². The van der Waals surface area contributed by atoms with Crippen LogP contribution in [0.25, 0.3) is 22.1 Å². The average molecular weight is 763 g/mol. The number of nitrogens with one attached hydrogen (secondary N) is 5. The molecule has 4 amide bonds. The minimum atomic E-state index is -0.946. The van der Waals surface area contributed by atoms with Crippen LogP contribution in [0.2, 0.25) is 0 Å². The van der Waals surface area contributed by atoms with E-state index in [1.807, 2.05) is 42.2 Å². The third-order valence-corrected chi connectivity index (χ3v) is 11.7. The highest BCUT2D eigenvalue weighted by atomic mass is 16.2. The summed E-state index contributed by atoms with van der Waals surface area (Å²) in [5.41, 5.74) is 4.91. The summed E-state index contributed by atoms with van der Waals surface area (Å²) in [4.78, 5) is 72.7. The van der Waals surface area contributed by atoms with Crippen LogP contribution in [0.15, 0.2) is 66.0 Å². The lowest BCUT2D eigenvalue weighted by Crippen LogP contribution is -2.59. The third kappa shape index (κ3) is 8.10. The molecule has 3 fully saturated rings. The second-order valence-electron chi connectivity index (χ2n) is 15.4. The zero-order valence-corrected chi connectivity index (χ0v) is 31.7. The van der Waals surface area contributed by atoms with Gasteiger partial charge < -0.3 is 30.7 Å². The molecule has 4 aromatic heterocycles. The number of piperidine rings is 2. The predicted molar refractivity (Wildman–Crippen MR) is 212 cm³/mol. The number of aromatic amines is 2. The van der Waals surface area contributed by atoms with Crippen molar-refractivity contribution in [3.63, 3.8) is 0 Å². The number of amides is 4. The smallest absolute Gasteiger partial charge is 0.327 e. The minimum absolute atomic E-state index is 0.0863. The van der Waals surface area contributed by atoms with E-state index in [4.69, 9.17) is 0 Å². The van der Waals surface area contributed by atoms with Gasteiger partial charge in [0.05, 0.1) is 17.2 Å². The molecular formula is C40H50N12O4. The molecule has 7 heterocycles. The lowest BCUT2D eigenvalue weighted by molar-refractivity contribution is -0.137. The van der Waals surface area contributed by atoms with Gasteiger partial charge in [-0.3, -0.25) is 29.2 Å². The number of anilines is 1. The first-order valence-electron chi connectivity index (χ1n) is 19.8. The van der Waals surface area contributed by atoms with Crippen LogP contribution < -0.4 is 26.5 Å². The molecule has 1 aromatic carbocycles. The van der Waals surface area contributed by atoms with Crippen LogP contribution in [0.5, 0.6) is 0 Å². The Bertz CT molecular complexity index is 2210.